The molecule has 0 spiro atoms. The molecule has 0 saturated heterocycles. The van der Waals surface area contributed by atoms with Crippen molar-refractivity contribution >= 4 is 34.1 Å². The summed E-state index contributed by atoms with van der Waals surface area (Å²) >= 11 is 2.71. The van der Waals surface area contributed by atoms with Crippen LogP contribution in [0.2, 0.25) is 0 Å². The third-order valence-electron chi connectivity index (χ3n) is 5.68. The molecule has 37 heavy (non-hydrogen) atoms. The van der Waals surface area contributed by atoms with Gasteiger partial charge in [-0.15, -0.1) is 28.1 Å². The van der Waals surface area contributed by atoms with E-state index in [1.54, 1.807) is 13.2 Å². The van der Waals surface area contributed by atoms with Gasteiger partial charge in [0.1, 0.15) is 11.5 Å². The van der Waals surface area contributed by atoms with E-state index in [1.807, 2.05) is 47.2 Å². The molecular weight excluding hydrogens is 506 g/mol. The molecule has 0 radical (unpaired) electrons. The van der Waals surface area contributed by atoms with Crippen molar-refractivity contribution in [3.05, 3.63) is 77.5 Å². The fraction of sp³-hybridized carbons (Fsp3) is 0.259. The van der Waals surface area contributed by atoms with Gasteiger partial charge in [0.25, 0.3) is 0 Å². The highest BCUT2D eigenvalue weighted by molar-refractivity contribution is 7.99. The Morgan fingerprint density at radius 3 is 2.62 bits per heavy atom. The van der Waals surface area contributed by atoms with Gasteiger partial charge in [0.05, 0.1) is 18.6 Å². The standard InChI is InChI=1S/C27H29N5O3S2/c1-6-13-32-25(19(4)35-22-11-9-21(34-5)10-12-22)30-31-27(32)37-16-24(33)29-26-28-23(15-36-26)20-8-7-17(2)18(3)14-20/h6-12,14-15,19H,1,13,16H2,2-5H3,(H,28,29,33). The molecule has 0 bridgehead atoms. The van der Waals surface area contributed by atoms with Crippen LogP contribution in [0.3, 0.4) is 0 Å². The largest absolute Gasteiger partial charge is 0.497 e. The lowest BCUT2D eigenvalue weighted by atomic mass is 10.1. The van der Waals surface area contributed by atoms with Crippen molar-refractivity contribution in [1.29, 1.82) is 0 Å². The van der Waals surface area contributed by atoms with Crippen molar-refractivity contribution in [2.24, 2.45) is 0 Å². The Labute approximate surface area is 224 Å². The molecule has 1 atom stereocenters. The number of anilines is 1. The second-order valence-electron chi connectivity index (χ2n) is 8.35. The number of hydrogen-bond acceptors (Lipinski definition) is 8. The molecule has 0 aliphatic heterocycles. The molecule has 4 aromatic rings. The third-order valence-corrected chi connectivity index (χ3v) is 7.40. The Morgan fingerprint density at radius 1 is 1.16 bits per heavy atom. The molecule has 8 nitrogen and oxygen atoms in total. The van der Waals surface area contributed by atoms with Gasteiger partial charge < -0.3 is 14.8 Å². The molecule has 0 aliphatic carbocycles. The number of rotatable bonds is 11. The van der Waals surface area contributed by atoms with Crippen molar-refractivity contribution in [3.63, 3.8) is 0 Å². The molecule has 2 aromatic carbocycles. The van der Waals surface area contributed by atoms with Crippen LogP contribution in [0.25, 0.3) is 11.3 Å². The number of hydrogen-bond donors (Lipinski definition) is 1. The number of aromatic nitrogens is 4. The van der Waals surface area contributed by atoms with Crippen molar-refractivity contribution in [2.75, 3.05) is 18.2 Å². The summed E-state index contributed by atoms with van der Waals surface area (Å²) < 4.78 is 13.1. The van der Waals surface area contributed by atoms with Crippen molar-refractivity contribution < 1.29 is 14.3 Å². The first kappa shape index (κ1) is 26.4. The minimum absolute atomic E-state index is 0.164. The minimum atomic E-state index is -0.358. The number of methoxy groups -OCH3 is 1. The van der Waals surface area contributed by atoms with Crippen LogP contribution in [0.4, 0.5) is 5.13 Å². The van der Waals surface area contributed by atoms with Crippen molar-refractivity contribution in [1.82, 2.24) is 19.7 Å². The fourth-order valence-corrected chi connectivity index (χ4v) is 5.06. The monoisotopic (exact) mass is 535 g/mol. The lowest BCUT2D eigenvalue weighted by Crippen LogP contribution is -2.15. The molecule has 0 saturated carbocycles. The van der Waals surface area contributed by atoms with Gasteiger partial charge in [-0.3, -0.25) is 9.36 Å². The Morgan fingerprint density at radius 2 is 1.92 bits per heavy atom. The van der Waals surface area contributed by atoms with Crippen molar-refractivity contribution in [2.45, 2.75) is 38.6 Å². The SMILES string of the molecule is C=CCn1c(SCC(=O)Nc2nc(-c3ccc(C)c(C)c3)cs2)nnc1C(C)Oc1ccc(OC)cc1. The van der Waals surface area contributed by atoms with Crippen LogP contribution in [0.15, 0.2) is 65.7 Å². The number of carbonyl (C=O) groups excluding carboxylic acids is 1. The summed E-state index contributed by atoms with van der Waals surface area (Å²) in [5.41, 5.74) is 4.32. The quantitative estimate of drug-likeness (QED) is 0.184. The lowest BCUT2D eigenvalue weighted by molar-refractivity contribution is -0.113. The summed E-state index contributed by atoms with van der Waals surface area (Å²) in [7, 11) is 1.62. The Hall–Kier alpha value is -3.63. The van der Waals surface area contributed by atoms with E-state index in [0.717, 1.165) is 17.0 Å². The second kappa shape index (κ2) is 12.1. The van der Waals surface area contributed by atoms with E-state index in [2.05, 4.69) is 53.1 Å². The molecule has 10 heteroatoms. The number of aryl methyl sites for hydroxylation is 2. The number of carbonyl (C=O) groups is 1. The first-order chi connectivity index (χ1) is 17.9. The highest BCUT2D eigenvalue weighted by Crippen LogP contribution is 2.28. The highest BCUT2D eigenvalue weighted by Gasteiger charge is 2.20. The minimum Gasteiger partial charge on any atom is -0.497 e. The van der Waals surface area contributed by atoms with Crippen LogP contribution in [0.1, 0.15) is 30.0 Å². The molecule has 2 heterocycles. The maximum atomic E-state index is 12.7. The van der Waals surface area contributed by atoms with Crippen molar-refractivity contribution in [3.8, 4) is 22.8 Å². The maximum Gasteiger partial charge on any atom is 0.236 e. The number of nitrogens with zero attached hydrogens (tertiary/aromatic N) is 4. The predicted molar refractivity (Wildman–Crippen MR) is 149 cm³/mol. The van der Waals surface area contributed by atoms with Gasteiger partial charge in [0, 0.05) is 17.5 Å². The number of thioether (sulfide) groups is 1. The number of nitrogens with one attached hydrogen (secondary N) is 1. The van der Waals surface area contributed by atoms with Gasteiger partial charge >= 0.3 is 0 Å². The van der Waals surface area contributed by atoms with E-state index in [4.69, 9.17) is 9.47 Å². The number of allylic oxidation sites excluding steroid dienone is 1. The molecule has 1 N–H and O–H groups in total. The summed E-state index contributed by atoms with van der Waals surface area (Å²) in [6, 6.07) is 13.6. The molecule has 4 rings (SSSR count). The van der Waals surface area contributed by atoms with E-state index in [9.17, 15) is 4.79 Å². The molecule has 0 fully saturated rings. The summed E-state index contributed by atoms with van der Waals surface area (Å²) in [6.07, 6.45) is 1.41. The first-order valence-electron chi connectivity index (χ1n) is 11.7. The Balaban J connectivity index is 1.38. The zero-order valence-electron chi connectivity index (χ0n) is 21.2. The molecule has 0 aliphatic rings. The van der Waals surface area contributed by atoms with Gasteiger partial charge in [0.15, 0.2) is 22.2 Å². The summed E-state index contributed by atoms with van der Waals surface area (Å²) in [6.45, 7) is 10.4. The Bertz CT molecular complexity index is 1380. The predicted octanol–water partition coefficient (Wildman–Crippen LogP) is 6.08. The zero-order valence-corrected chi connectivity index (χ0v) is 22.9. The second-order valence-corrected chi connectivity index (χ2v) is 10.2. The third kappa shape index (κ3) is 6.58. The fourth-order valence-electron chi connectivity index (χ4n) is 3.57. The zero-order chi connectivity index (χ0) is 26.4. The van der Waals surface area contributed by atoms with Crippen LogP contribution in [0.5, 0.6) is 11.5 Å². The number of benzene rings is 2. The van der Waals surface area contributed by atoms with Crippen LogP contribution < -0.4 is 14.8 Å². The molecular formula is C27H29N5O3S2. The number of thiazole rings is 1. The normalized spacial score (nSPS) is 11.7. The van der Waals surface area contributed by atoms with Crippen LogP contribution in [-0.4, -0.2) is 38.5 Å². The lowest BCUT2D eigenvalue weighted by Gasteiger charge is -2.16. The summed E-state index contributed by atoms with van der Waals surface area (Å²) in [5, 5.41) is 14.6. The van der Waals surface area contributed by atoms with Crippen LogP contribution >= 0.6 is 23.1 Å². The van der Waals surface area contributed by atoms with Gasteiger partial charge in [0.2, 0.25) is 5.91 Å². The van der Waals surface area contributed by atoms with E-state index in [1.165, 1.54) is 34.2 Å². The molecule has 1 amide bonds. The van der Waals surface area contributed by atoms with Gasteiger partial charge in [-0.05, 0) is 62.2 Å². The number of ether oxygens (including phenoxy) is 2. The van der Waals surface area contributed by atoms with Crippen LogP contribution in [0, 0.1) is 13.8 Å². The topological polar surface area (TPSA) is 91.2 Å². The maximum absolute atomic E-state index is 12.7. The van der Waals surface area contributed by atoms with Gasteiger partial charge in [-0.1, -0.05) is 30.0 Å². The average Bonchev–Trinajstić information content (AvgIpc) is 3.52. The molecule has 1 unspecified atom stereocenters. The van der Waals surface area contributed by atoms with E-state index < -0.39 is 0 Å². The average molecular weight is 536 g/mol. The van der Waals surface area contributed by atoms with Gasteiger partial charge in [-0.2, -0.15) is 0 Å². The van der Waals surface area contributed by atoms with E-state index >= 15 is 0 Å². The van der Waals surface area contributed by atoms with Crippen LogP contribution in [-0.2, 0) is 11.3 Å². The molecule has 2 aromatic heterocycles. The Kier molecular flexibility index (Phi) is 8.62. The van der Waals surface area contributed by atoms with Gasteiger partial charge in [-0.25, -0.2) is 4.98 Å². The van der Waals surface area contributed by atoms with E-state index in [-0.39, 0.29) is 17.8 Å². The highest BCUT2D eigenvalue weighted by atomic mass is 32.2. The first-order valence-corrected chi connectivity index (χ1v) is 13.5. The number of amides is 1. The molecule has 192 valence electrons. The smallest absolute Gasteiger partial charge is 0.236 e. The van der Waals surface area contributed by atoms with E-state index in [0.29, 0.717) is 28.4 Å². The summed E-state index contributed by atoms with van der Waals surface area (Å²) in [5.74, 6) is 2.10. The summed E-state index contributed by atoms with van der Waals surface area (Å²) in [4.78, 5) is 17.2.